The molecule has 0 N–H and O–H groups in total. The average Bonchev–Trinajstić information content (AvgIpc) is 2.80. The molecule has 8 nitrogen and oxygen atoms in total. The summed E-state index contributed by atoms with van der Waals surface area (Å²) in [7, 11) is -3.72. The van der Waals surface area contributed by atoms with E-state index < -0.39 is 40.3 Å². The van der Waals surface area contributed by atoms with Crippen molar-refractivity contribution in [3.8, 4) is 0 Å². The van der Waals surface area contributed by atoms with Crippen molar-refractivity contribution >= 4 is 50.5 Å². The summed E-state index contributed by atoms with van der Waals surface area (Å²) in [6.07, 6.45) is 0.792. The number of aromatic nitrogens is 2. The largest absolute Gasteiger partial charge is 0.464 e. The number of anilines is 1. The molecule has 1 unspecified atom stereocenters. The Morgan fingerprint density at radius 1 is 1.57 bits per heavy atom. The van der Waals surface area contributed by atoms with E-state index in [0.717, 1.165) is 12.0 Å². The summed E-state index contributed by atoms with van der Waals surface area (Å²) in [5.74, 6) is -1.62. The molecule has 0 aromatic carbocycles. The first-order chi connectivity index (χ1) is 9.74. The number of esters is 1. The van der Waals surface area contributed by atoms with Gasteiger partial charge in [-0.2, -0.15) is 8.42 Å². The molecule has 1 saturated heterocycles. The molecule has 0 spiro atoms. The monoisotopic (exact) mass is 429 g/mol. The molecular formula is C10H9FIN3O5S. The van der Waals surface area contributed by atoms with Crippen LogP contribution in [-0.2, 0) is 19.8 Å². The van der Waals surface area contributed by atoms with Gasteiger partial charge in [-0.25, -0.2) is 14.8 Å². The van der Waals surface area contributed by atoms with Crippen LogP contribution in [0.5, 0.6) is 0 Å². The maximum absolute atomic E-state index is 13.0. The first-order valence-electron chi connectivity index (χ1n) is 5.58. The van der Waals surface area contributed by atoms with E-state index in [2.05, 4.69) is 14.7 Å². The summed E-state index contributed by atoms with van der Waals surface area (Å²) in [5, 5.41) is -1.48. The van der Waals surface area contributed by atoms with E-state index in [0.29, 0.717) is 3.70 Å². The predicted octanol–water partition coefficient (Wildman–Crippen LogP) is 0.272. The van der Waals surface area contributed by atoms with Crippen LogP contribution >= 0.6 is 22.6 Å². The maximum Gasteiger partial charge on any atom is 0.360 e. The Bertz CT molecular complexity index is 711. The summed E-state index contributed by atoms with van der Waals surface area (Å²) in [6, 6.07) is 0. The van der Waals surface area contributed by atoms with E-state index in [9.17, 15) is 21.9 Å². The first-order valence-corrected chi connectivity index (χ1v) is 8.11. The van der Waals surface area contributed by atoms with Crippen LogP contribution < -0.4 is 4.90 Å². The van der Waals surface area contributed by atoms with Gasteiger partial charge in [0, 0.05) is 13.0 Å². The van der Waals surface area contributed by atoms with Crippen molar-refractivity contribution in [2.45, 2.75) is 11.7 Å². The van der Waals surface area contributed by atoms with Gasteiger partial charge in [0.25, 0.3) is 0 Å². The zero-order chi connectivity index (χ0) is 15.8. The van der Waals surface area contributed by atoms with E-state index in [1.165, 1.54) is 6.20 Å². The molecule has 0 radical (unpaired) electrons. The van der Waals surface area contributed by atoms with Crippen molar-refractivity contribution in [1.82, 2.24) is 9.97 Å². The minimum atomic E-state index is -4.85. The fourth-order valence-electron chi connectivity index (χ4n) is 1.86. The standard InChI is InChI=1S/C10H9FIN3O5S/c1-20-10(17)8-9(13-3-6(12)14-8)15-4-5(2-7(15)16)21(11,18)19/h3,5H,2,4H2,1H3. The van der Waals surface area contributed by atoms with E-state index >= 15 is 0 Å². The molecule has 1 fully saturated rings. The number of ether oxygens (including phenoxy) is 1. The van der Waals surface area contributed by atoms with Crippen LogP contribution in [0.4, 0.5) is 9.70 Å². The molecule has 0 saturated carbocycles. The second kappa shape index (κ2) is 5.79. The summed E-state index contributed by atoms with van der Waals surface area (Å²) in [6.45, 7) is -0.420. The van der Waals surface area contributed by atoms with Crippen molar-refractivity contribution in [3.05, 3.63) is 15.6 Å². The Morgan fingerprint density at radius 3 is 2.76 bits per heavy atom. The summed E-state index contributed by atoms with van der Waals surface area (Å²) >= 11 is 1.82. The molecule has 1 aromatic rings. The fraction of sp³-hybridized carbons (Fsp3) is 0.400. The minimum Gasteiger partial charge on any atom is -0.464 e. The Balaban J connectivity index is 2.43. The number of halogens is 2. The first kappa shape index (κ1) is 16.0. The van der Waals surface area contributed by atoms with E-state index in [4.69, 9.17) is 0 Å². The van der Waals surface area contributed by atoms with Crippen molar-refractivity contribution < 1.29 is 26.6 Å². The van der Waals surface area contributed by atoms with Gasteiger partial charge >= 0.3 is 16.2 Å². The Morgan fingerprint density at radius 2 is 2.24 bits per heavy atom. The Labute approximate surface area is 133 Å². The number of nitrogens with zero attached hydrogens (tertiary/aromatic N) is 3. The maximum atomic E-state index is 13.0. The van der Waals surface area contributed by atoms with Crippen LogP contribution in [0.15, 0.2) is 6.20 Å². The van der Waals surface area contributed by atoms with Gasteiger partial charge < -0.3 is 4.74 Å². The highest BCUT2D eigenvalue weighted by Gasteiger charge is 2.41. The molecule has 2 rings (SSSR count). The summed E-state index contributed by atoms with van der Waals surface area (Å²) in [5.41, 5.74) is -0.227. The van der Waals surface area contributed by atoms with Crippen LogP contribution in [0.25, 0.3) is 0 Å². The zero-order valence-corrected chi connectivity index (χ0v) is 13.6. The van der Waals surface area contributed by atoms with Crippen LogP contribution in [0.1, 0.15) is 16.9 Å². The lowest BCUT2D eigenvalue weighted by Crippen LogP contribution is -2.30. The van der Waals surface area contributed by atoms with Gasteiger partial charge in [-0.3, -0.25) is 9.69 Å². The van der Waals surface area contributed by atoms with Gasteiger partial charge in [-0.05, 0) is 22.6 Å². The average molecular weight is 429 g/mol. The number of amides is 1. The molecule has 21 heavy (non-hydrogen) atoms. The van der Waals surface area contributed by atoms with Crippen LogP contribution in [0.3, 0.4) is 0 Å². The Kier molecular flexibility index (Phi) is 4.41. The second-order valence-corrected chi connectivity index (χ2v) is 6.89. The normalized spacial score (nSPS) is 18.9. The molecule has 114 valence electrons. The number of hydrogen-bond acceptors (Lipinski definition) is 7. The highest BCUT2D eigenvalue weighted by Crippen LogP contribution is 2.27. The van der Waals surface area contributed by atoms with Crippen LogP contribution in [0, 0.1) is 3.70 Å². The van der Waals surface area contributed by atoms with Gasteiger partial charge in [0.15, 0.2) is 11.5 Å². The molecule has 0 aliphatic carbocycles. The van der Waals surface area contributed by atoms with Gasteiger partial charge in [0.2, 0.25) is 5.91 Å². The van der Waals surface area contributed by atoms with Gasteiger partial charge in [-0.1, -0.05) is 0 Å². The van der Waals surface area contributed by atoms with Crippen molar-refractivity contribution in [2.75, 3.05) is 18.6 Å². The molecule has 1 amide bonds. The molecule has 1 atom stereocenters. The zero-order valence-electron chi connectivity index (χ0n) is 10.6. The van der Waals surface area contributed by atoms with E-state index in [1.807, 2.05) is 22.6 Å². The number of methoxy groups -OCH3 is 1. The number of carbonyl (C=O) groups excluding carboxylic acids is 2. The topological polar surface area (TPSA) is 107 Å². The van der Waals surface area contributed by atoms with Crippen molar-refractivity contribution in [2.24, 2.45) is 0 Å². The highest BCUT2D eigenvalue weighted by molar-refractivity contribution is 14.1. The second-order valence-electron chi connectivity index (χ2n) is 4.16. The molecular weight excluding hydrogens is 420 g/mol. The summed E-state index contributed by atoms with van der Waals surface area (Å²) in [4.78, 5) is 32.3. The number of rotatable bonds is 3. The van der Waals surface area contributed by atoms with Crippen LogP contribution in [-0.4, -0.2) is 49.2 Å². The summed E-state index contributed by atoms with van der Waals surface area (Å²) < 4.78 is 39.8. The van der Waals surface area contributed by atoms with Crippen LogP contribution in [0.2, 0.25) is 0 Å². The van der Waals surface area contributed by atoms with Crippen molar-refractivity contribution in [1.29, 1.82) is 0 Å². The lowest BCUT2D eigenvalue weighted by Gasteiger charge is -2.16. The molecule has 0 bridgehead atoms. The predicted molar refractivity (Wildman–Crippen MR) is 76.9 cm³/mol. The SMILES string of the molecule is COC(=O)c1nc(I)cnc1N1CC(S(=O)(=O)F)CC1=O. The lowest BCUT2D eigenvalue weighted by atomic mass is 10.3. The Hall–Kier alpha value is -1.37. The van der Waals surface area contributed by atoms with E-state index in [1.54, 1.807) is 0 Å². The fourth-order valence-corrected chi connectivity index (χ4v) is 2.91. The molecule has 11 heteroatoms. The molecule has 1 aromatic heterocycles. The lowest BCUT2D eigenvalue weighted by molar-refractivity contribution is -0.117. The third-order valence-electron chi connectivity index (χ3n) is 2.85. The van der Waals surface area contributed by atoms with Gasteiger partial charge in [0.1, 0.15) is 8.95 Å². The molecule has 2 heterocycles. The number of carbonyl (C=O) groups is 2. The minimum absolute atomic E-state index is 0.140. The molecule has 1 aliphatic heterocycles. The van der Waals surface area contributed by atoms with E-state index in [-0.39, 0.29) is 11.5 Å². The smallest absolute Gasteiger partial charge is 0.360 e. The highest BCUT2D eigenvalue weighted by atomic mass is 127. The quantitative estimate of drug-likeness (QED) is 0.386. The molecule has 1 aliphatic rings. The van der Waals surface area contributed by atoms with Gasteiger partial charge in [-0.15, -0.1) is 3.89 Å². The van der Waals surface area contributed by atoms with Crippen molar-refractivity contribution in [3.63, 3.8) is 0 Å². The third-order valence-corrected chi connectivity index (χ3v) is 4.48. The number of hydrogen-bond donors (Lipinski definition) is 0. The third kappa shape index (κ3) is 3.28. The van der Waals surface area contributed by atoms with Gasteiger partial charge in [0.05, 0.1) is 13.3 Å².